The van der Waals surface area contributed by atoms with Gasteiger partial charge < -0.3 is 14.8 Å². The lowest BCUT2D eigenvalue weighted by Crippen LogP contribution is -2.10. The second-order valence-electron chi connectivity index (χ2n) is 4.55. The summed E-state index contributed by atoms with van der Waals surface area (Å²) >= 11 is 5.90. The van der Waals surface area contributed by atoms with Crippen LogP contribution in [0, 0.1) is 13.8 Å². The molecule has 2 N–H and O–H groups in total. The lowest BCUT2D eigenvalue weighted by Gasteiger charge is -2.14. The van der Waals surface area contributed by atoms with E-state index in [0.29, 0.717) is 17.0 Å². The van der Waals surface area contributed by atoms with Gasteiger partial charge in [0, 0.05) is 5.56 Å². The van der Waals surface area contributed by atoms with E-state index in [1.165, 1.54) is 0 Å². The van der Waals surface area contributed by atoms with Crippen LogP contribution in [0.5, 0.6) is 0 Å². The van der Waals surface area contributed by atoms with Crippen LogP contribution in [0.2, 0.25) is 5.28 Å². The first-order valence-electron chi connectivity index (χ1n) is 6.12. The van der Waals surface area contributed by atoms with Crippen molar-refractivity contribution in [2.45, 2.75) is 26.8 Å². The molecule has 7 nitrogen and oxygen atoms in total. The summed E-state index contributed by atoms with van der Waals surface area (Å²) < 4.78 is 5.18. The highest BCUT2D eigenvalue weighted by molar-refractivity contribution is 6.28. The maximum atomic E-state index is 5.90. The molecule has 1 unspecified atom stereocenters. The topological polar surface area (TPSA) is 92.5 Å². The zero-order chi connectivity index (χ0) is 14.3. The minimum atomic E-state index is -0.0290. The number of aryl methyl sites for hydroxylation is 2. The van der Waals surface area contributed by atoms with Crippen molar-refractivity contribution in [3.8, 4) is 0 Å². The third-order valence-corrected chi connectivity index (χ3v) is 3.30. The maximum Gasteiger partial charge on any atom is 0.226 e. The molecule has 8 heteroatoms. The number of hydrogen-bond donors (Lipinski definition) is 2. The lowest BCUT2D eigenvalue weighted by molar-refractivity contribution is 0.392. The van der Waals surface area contributed by atoms with Gasteiger partial charge in [-0.1, -0.05) is 5.16 Å². The van der Waals surface area contributed by atoms with Crippen LogP contribution >= 0.6 is 11.6 Å². The standard InChI is InChI=1S/C12H13ClN6O/c1-5(8-6(2)19-20-7(8)3)16-11-9-10(15-4-14-9)17-12(13)18-11/h4-5H,1-3H3,(H2,14,15,16,17,18). The summed E-state index contributed by atoms with van der Waals surface area (Å²) in [6.45, 7) is 5.79. The van der Waals surface area contributed by atoms with Gasteiger partial charge >= 0.3 is 0 Å². The molecule has 0 aliphatic heterocycles. The van der Waals surface area contributed by atoms with E-state index in [-0.39, 0.29) is 11.3 Å². The average molecular weight is 293 g/mol. The summed E-state index contributed by atoms with van der Waals surface area (Å²) in [5.41, 5.74) is 3.10. The molecule has 0 aliphatic carbocycles. The molecule has 0 aliphatic rings. The van der Waals surface area contributed by atoms with Crippen molar-refractivity contribution in [2.24, 2.45) is 0 Å². The Labute approximate surface area is 119 Å². The number of imidazole rings is 1. The molecular weight excluding hydrogens is 280 g/mol. The monoisotopic (exact) mass is 292 g/mol. The number of anilines is 1. The molecular formula is C12H13ClN6O. The molecule has 20 heavy (non-hydrogen) atoms. The van der Waals surface area contributed by atoms with Gasteiger partial charge in [-0.25, -0.2) is 4.98 Å². The van der Waals surface area contributed by atoms with Gasteiger partial charge in [-0.3, -0.25) is 0 Å². The Kier molecular flexibility index (Phi) is 3.06. The van der Waals surface area contributed by atoms with Crippen LogP contribution in [0.15, 0.2) is 10.9 Å². The van der Waals surface area contributed by atoms with E-state index in [2.05, 4.69) is 30.4 Å². The van der Waals surface area contributed by atoms with E-state index in [0.717, 1.165) is 17.0 Å². The fourth-order valence-corrected chi connectivity index (χ4v) is 2.46. The fraction of sp³-hybridized carbons (Fsp3) is 0.333. The Hall–Kier alpha value is -2.15. The summed E-state index contributed by atoms with van der Waals surface area (Å²) in [6.07, 6.45) is 1.56. The second-order valence-corrected chi connectivity index (χ2v) is 4.88. The van der Waals surface area contributed by atoms with Crippen LogP contribution in [0.1, 0.15) is 30.0 Å². The van der Waals surface area contributed by atoms with E-state index in [1.54, 1.807) is 6.33 Å². The Bertz CT molecular complexity index is 745. The van der Waals surface area contributed by atoms with Crippen molar-refractivity contribution in [1.82, 2.24) is 25.1 Å². The lowest BCUT2D eigenvalue weighted by atomic mass is 10.1. The summed E-state index contributed by atoms with van der Waals surface area (Å²) in [5.74, 6) is 1.38. The van der Waals surface area contributed by atoms with Crippen LogP contribution in [0.25, 0.3) is 11.2 Å². The van der Waals surface area contributed by atoms with Crippen LogP contribution < -0.4 is 5.32 Å². The SMILES string of the molecule is Cc1noc(C)c1C(C)Nc1nc(Cl)nc2nc[nH]c12. The second kappa shape index (κ2) is 4.75. The number of fused-ring (bicyclic) bond motifs is 1. The average Bonchev–Trinajstić information content (AvgIpc) is 2.96. The predicted octanol–water partition coefficient (Wildman–Crippen LogP) is 2.78. The van der Waals surface area contributed by atoms with E-state index >= 15 is 0 Å². The zero-order valence-corrected chi connectivity index (χ0v) is 12.0. The summed E-state index contributed by atoms with van der Waals surface area (Å²) in [7, 11) is 0. The van der Waals surface area contributed by atoms with Crippen molar-refractivity contribution >= 4 is 28.6 Å². The molecule has 0 fully saturated rings. The van der Waals surface area contributed by atoms with Crippen molar-refractivity contribution in [2.75, 3.05) is 5.32 Å². The quantitative estimate of drug-likeness (QED) is 0.721. The summed E-state index contributed by atoms with van der Waals surface area (Å²) in [5, 5.41) is 7.39. The molecule has 0 bridgehead atoms. The number of nitrogens with one attached hydrogen (secondary N) is 2. The third kappa shape index (κ3) is 2.09. The number of hydrogen-bond acceptors (Lipinski definition) is 6. The number of aromatic amines is 1. The van der Waals surface area contributed by atoms with Gasteiger partial charge in [-0.15, -0.1) is 0 Å². The minimum Gasteiger partial charge on any atom is -0.361 e. The molecule has 1 atom stereocenters. The zero-order valence-electron chi connectivity index (χ0n) is 11.2. The van der Waals surface area contributed by atoms with E-state index in [1.807, 2.05) is 20.8 Å². The Morgan fingerprint density at radius 2 is 2.15 bits per heavy atom. The van der Waals surface area contributed by atoms with Crippen LogP contribution in [-0.4, -0.2) is 25.1 Å². The van der Waals surface area contributed by atoms with Crippen molar-refractivity contribution < 1.29 is 4.52 Å². The summed E-state index contributed by atoms with van der Waals surface area (Å²) in [6, 6.07) is -0.0290. The highest BCUT2D eigenvalue weighted by Gasteiger charge is 2.18. The molecule has 3 heterocycles. The molecule has 3 aromatic heterocycles. The summed E-state index contributed by atoms with van der Waals surface area (Å²) in [4.78, 5) is 15.3. The molecule has 3 aromatic rings. The number of nitrogens with zero attached hydrogens (tertiary/aromatic N) is 4. The van der Waals surface area contributed by atoms with Crippen LogP contribution in [0.3, 0.4) is 0 Å². The number of H-pyrrole nitrogens is 1. The molecule has 0 spiro atoms. The van der Waals surface area contributed by atoms with Crippen molar-refractivity contribution in [1.29, 1.82) is 0 Å². The highest BCUT2D eigenvalue weighted by Crippen LogP contribution is 2.27. The number of aromatic nitrogens is 5. The molecule has 0 saturated carbocycles. The Morgan fingerprint density at radius 1 is 1.35 bits per heavy atom. The van der Waals surface area contributed by atoms with Gasteiger partial charge in [0.05, 0.1) is 18.1 Å². The van der Waals surface area contributed by atoms with Crippen LogP contribution in [0.4, 0.5) is 5.82 Å². The molecule has 0 aromatic carbocycles. The van der Waals surface area contributed by atoms with Gasteiger partial charge in [-0.2, -0.15) is 9.97 Å². The number of rotatable bonds is 3. The van der Waals surface area contributed by atoms with E-state index in [9.17, 15) is 0 Å². The minimum absolute atomic E-state index is 0.0290. The molecule has 104 valence electrons. The van der Waals surface area contributed by atoms with E-state index in [4.69, 9.17) is 16.1 Å². The van der Waals surface area contributed by atoms with Crippen molar-refractivity contribution in [3.63, 3.8) is 0 Å². The molecule has 0 radical (unpaired) electrons. The molecule has 3 rings (SSSR count). The molecule has 0 amide bonds. The van der Waals surface area contributed by atoms with Gasteiger partial charge in [0.25, 0.3) is 0 Å². The van der Waals surface area contributed by atoms with E-state index < -0.39 is 0 Å². The predicted molar refractivity (Wildman–Crippen MR) is 74.7 cm³/mol. The largest absolute Gasteiger partial charge is 0.361 e. The van der Waals surface area contributed by atoms with Gasteiger partial charge in [-0.05, 0) is 32.4 Å². The Morgan fingerprint density at radius 3 is 2.85 bits per heavy atom. The third-order valence-electron chi connectivity index (χ3n) is 3.13. The van der Waals surface area contributed by atoms with Gasteiger partial charge in [0.1, 0.15) is 11.3 Å². The first kappa shape index (κ1) is 12.9. The smallest absolute Gasteiger partial charge is 0.226 e. The Balaban J connectivity index is 1.99. The normalized spacial score (nSPS) is 12.8. The first-order valence-corrected chi connectivity index (χ1v) is 6.50. The van der Waals surface area contributed by atoms with Gasteiger partial charge in [0.2, 0.25) is 5.28 Å². The molecule has 0 saturated heterocycles. The van der Waals surface area contributed by atoms with Gasteiger partial charge in [0.15, 0.2) is 11.5 Å². The fourth-order valence-electron chi connectivity index (χ4n) is 2.30. The maximum absolute atomic E-state index is 5.90. The van der Waals surface area contributed by atoms with Crippen LogP contribution in [-0.2, 0) is 0 Å². The first-order chi connectivity index (χ1) is 9.56. The van der Waals surface area contributed by atoms with Crippen molar-refractivity contribution in [3.05, 3.63) is 28.6 Å². The highest BCUT2D eigenvalue weighted by atomic mass is 35.5. The number of halogens is 1.